The second-order valence-corrected chi connectivity index (χ2v) is 7.05. The fraction of sp³-hybridized carbons (Fsp3) is 0.474. The number of carbonyl (C=O) groups excluding carboxylic acids is 1. The van der Waals surface area contributed by atoms with Crippen LogP contribution in [-0.2, 0) is 11.2 Å². The Labute approximate surface area is 152 Å². The minimum Gasteiger partial charge on any atom is -0.346 e. The van der Waals surface area contributed by atoms with Crippen molar-refractivity contribution in [3.63, 3.8) is 0 Å². The van der Waals surface area contributed by atoms with E-state index in [4.69, 9.17) is 0 Å². The predicted molar refractivity (Wildman–Crippen MR) is 99.9 cm³/mol. The maximum atomic E-state index is 11.2. The van der Waals surface area contributed by atoms with Gasteiger partial charge in [0.15, 0.2) is 0 Å². The van der Waals surface area contributed by atoms with Gasteiger partial charge in [-0.15, -0.1) is 5.10 Å². The van der Waals surface area contributed by atoms with Crippen molar-refractivity contribution in [2.24, 2.45) is 0 Å². The van der Waals surface area contributed by atoms with Crippen molar-refractivity contribution in [3.05, 3.63) is 30.2 Å². The predicted octanol–water partition coefficient (Wildman–Crippen LogP) is 2.66. The molecule has 26 heavy (non-hydrogen) atoms. The molecule has 1 fully saturated rings. The average Bonchev–Trinajstić information content (AvgIpc) is 3.29. The lowest BCUT2D eigenvalue weighted by Gasteiger charge is -2.22. The van der Waals surface area contributed by atoms with Crippen LogP contribution in [0, 0.1) is 0 Å². The Morgan fingerprint density at radius 3 is 3.00 bits per heavy atom. The number of fused-ring (bicyclic) bond motifs is 1. The average molecular weight is 352 g/mol. The molecule has 0 radical (unpaired) electrons. The number of aromatic amines is 1. The van der Waals surface area contributed by atoms with Gasteiger partial charge in [0.1, 0.15) is 17.1 Å². The number of Topliss-reactive ketones (excluding diaryl/α,β-unsaturated/α-hetero) is 1. The topological polar surface area (TPSA) is 88.5 Å². The first-order valence-electron chi connectivity index (χ1n) is 9.29. The molecule has 1 aliphatic heterocycles. The van der Waals surface area contributed by atoms with Crippen molar-refractivity contribution in [2.45, 2.75) is 45.1 Å². The summed E-state index contributed by atoms with van der Waals surface area (Å²) in [4.78, 5) is 18.9. The molecule has 7 heteroatoms. The Hall–Kier alpha value is -2.54. The minimum absolute atomic E-state index is 0.234. The fourth-order valence-electron chi connectivity index (χ4n) is 3.59. The number of piperidine rings is 1. The molecule has 4 rings (SSSR count). The van der Waals surface area contributed by atoms with E-state index < -0.39 is 0 Å². The van der Waals surface area contributed by atoms with E-state index in [9.17, 15) is 4.79 Å². The number of nitrogens with one attached hydrogen (secondary N) is 2. The summed E-state index contributed by atoms with van der Waals surface area (Å²) < 4.78 is 1.99. The van der Waals surface area contributed by atoms with Gasteiger partial charge in [0.25, 0.3) is 0 Å². The van der Waals surface area contributed by atoms with Gasteiger partial charge in [-0.1, -0.05) is 5.21 Å². The molecule has 136 valence electrons. The molecule has 4 heterocycles. The molecule has 3 aromatic rings. The number of carbonyl (C=O) groups is 1. The van der Waals surface area contributed by atoms with Crippen LogP contribution in [0.15, 0.2) is 24.7 Å². The molecular formula is C19H24N6O. The molecule has 0 aromatic carbocycles. The van der Waals surface area contributed by atoms with Gasteiger partial charge in [-0.05, 0) is 57.3 Å². The molecular weight excluding hydrogens is 328 g/mol. The smallest absolute Gasteiger partial charge is 0.137 e. The maximum Gasteiger partial charge on any atom is 0.137 e. The monoisotopic (exact) mass is 352 g/mol. The molecule has 0 saturated carbocycles. The Morgan fingerprint density at radius 1 is 1.35 bits per heavy atom. The summed E-state index contributed by atoms with van der Waals surface area (Å²) in [5.41, 5.74) is 3.90. The SMILES string of the molecule is CC(=O)CCCc1c[nH]c2ncc(-c3cn(C4CCNCC4)nn3)cc12. The van der Waals surface area contributed by atoms with Crippen LogP contribution in [0.25, 0.3) is 22.3 Å². The highest BCUT2D eigenvalue weighted by atomic mass is 16.1. The summed E-state index contributed by atoms with van der Waals surface area (Å²) in [6, 6.07) is 2.54. The quantitative estimate of drug-likeness (QED) is 0.712. The molecule has 1 saturated heterocycles. The zero-order valence-electron chi connectivity index (χ0n) is 15.0. The lowest BCUT2D eigenvalue weighted by molar-refractivity contribution is -0.117. The number of hydrogen-bond acceptors (Lipinski definition) is 5. The van der Waals surface area contributed by atoms with Crippen LogP contribution >= 0.6 is 0 Å². The van der Waals surface area contributed by atoms with Gasteiger partial charge >= 0.3 is 0 Å². The highest BCUT2D eigenvalue weighted by Crippen LogP contribution is 2.26. The van der Waals surface area contributed by atoms with Gasteiger partial charge in [0.2, 0.25) is 0 Å². The van der Waals surface area contributed by atoms with Crippen molar-refractivity contribution in [1.82, 2.24) is 30.3 Å². The third kappa shape index (κ3) is 3.53. The summed E-state index contributed by atoms with van der Waals surface area (Å²) in [6.07, 6.45) is 10.4. The zero-order valence-corrected chi connectivity index (χ0v) is 15.0. The number of hydrogen-bond donors (Lipinski definition) is 2. The van der Waals surface area contributed by atoms with Crippen molar-refractivity contribution in [3.8, 4) is 11.3 Å². The number of rotatable bonds is 6. The largest absolute Gasteiger partial charge is 0.346 e. The normalized spacial score (nSPS) is 15.6. The van der Waals surface area contributed by atoms with Crippen LogP contribution in [-0.4, -0.2) is 43.8 Å². The first-order valence-corrected chi connectivity index (χ1v) is 9.29. The Kier molecular flexibility index (Phi) is 4.79. The second kappa shape index (κ2) is 7.37. The summed E-state index contributed by atoms with van der Waals surface area (Å²) in [7, 11) is 0. The van der Waals surface area contributed by atoms with Crippen LogP contribution in [0.5, 0.6) is 0 Å². The molecule has 3 aromatic heterocycles. The summed E-state index contributed by atoms with van der Waals surface area (Å²) in [5, 5.41) is 13.2. The van der Waals surface area contributed by atoms with Crippen LogP contribution < -0.4 is 5.32 Å². The number of pyridine rings is 1. The van der Waals surface area contributed by atoms with Crippen molar-refractivity contribution < 1.29 is 4.79 Å². The first kappa shape index (κ1) is 16.9. The number of aryl methyl sites for hydroxylation is 1. The van der Waals surface area contributed by atoms with E-state index in [2.05, 4.69) is 31.7 Å². The van der Waals surface area contributed by atoms with Gasteiger partial charge in [-0.2, -0.15) is 0 Å². The highest BCUT2D eigenvalue weighted by Gasteiger charge is 2.17. The van der Waals surface area contributed by atoms with Crippen molar-refractivity contribution in [1.29, 1.82) is 0 Å². The molecule has 0 amide bonds. The molecule has 1 aliphatic rings. The molecule has 7 nitrogen and oxygen atoms in total. The van der Waals surface area contributed by atoms with E-state index in [-0.39, 0.29) is 5.78 Å². The molecule has 0 atom stereocenters. The van der Waals surface area contributed by atoms with E-state index >= 15 is 0 Å². The number of H-pyrrole nitrogens is 1. The minimum atomic E-state index is 0.234. The molecule has 0 aliphatic carbocycles. The number of ketones is 1. The van der Waals surface area contributed by atoms with E-state index in [0.29, 0.717) is 12.5 Å². The maximum absolute atomic E-state index is 11.2. The van der Waals surface area contributed by atoms with Gasteiger partial charge in [-0.3, -0.25) is 0 Å². The lowest BCUT2D eigenvalue weighted by atomic mass is 10.1. The summed E-state index contributed by atoms with van der Waals surface area (Å²) in [6.45, 7) is 3.70. The van der Waals surface area contributed by atoms with E-state index in [1.165, 1.54) is 5.56 Å². The third-order valence-corrected chi connectivity index (χ3v) is 5.08. The van der Waals surface area contributed by atoms with Crippen molar-refractivity contribution >= 4 is 16.8 Å². The molecule has 0 spiro atoms. The van der Waals surface area contributed by atoms with Gasteiger partial charge in [0.05, 0.1) is 12.2 Å². The Bertz CT molecular complexity index is 906. The Balaban J connectivity index is 1.56. The van der Waals surface area contributed by atoms with Gasteiger partial charge < -0.3 is 15.1 Å². The standard InChI is InChI=1S/C19H24N6O/c1-13(26)3-2-4-14-10-21-19-17(14)9-15(11-22-19)18-12-25(24-23-18)16-5-7-20-8-6-16/h9-12,16,20H,2-8H2,1H3,(H,21,22). The van der Waals surface area contributed by atoms with E-state index in [1.54, 1.807) is 6.92 Å². The number of nitrogens with zero attached hydrogens (tertiary/aromatic N) is 4. The fourth-order valence-corrected chi connectivity index (χ4v) is 3.59. The van der Waals surface area contributed by atoms with Crippen LogP contribution in [0.4, 0.5) is 0 Å². The second-order valence-electron chi connectivity index (χ2n) is 7.05. The highest BCUT2D eigenvalue weighted by molar-refractivity contribution is 5.84. The van der Waals surface area contributed by atoms with Gasteiger partial charge in [0, 0.05) is 29.8 Å². The third-order valence-electron chi connectivity index (χ3n) is 5.08. The van der Waals surface area contributed by atoms with Crippen LogP contribution in [0.1, 0.15) is 44.2 Å². The van der Waals surface area contributed by atoms with Crippen molar-refractivity contribution in [2.75, 3.05) is 13.1 Å². The zero-order chi connectivity index (χ0) is 17.9. The van der Waals surface area contributed by atoms with Crippen LogP contribution in [0.2, 0.25) is 0 Å². The van der Waals surface area contributed by atoms with E-state index in [0.717, 1.165) is 61.1 Å². The lowest BCUT2D eigenvalue weighted by Crippen LogP contribution is -2.29. The molecule has 0 bridgehead atoms. The van der Waals surface area contributed by atoms with E-state index in [1.807, 2.05) is 23.3 Å². The Morgan fingerprint density at radius 2 is 2.19 bits per heavy atom. The summed E-state index contributed by atoms with van der Waals surface area (Å²) in [5.74, 6) is 0.234. The number of aromatic nitrogens is 5. The molecule has 0 unspecified atom stereocenters. The van der Waals surface area contributed by atoms with Crippen LogP contribution in [0.3, 0.4) is 0 Å². The summed E-state index contributed by atoms with van der Waals surface area (Å²) >= 11 is 0. The van der Waals surface area contributed by atoms with Gasteiger partial charge in [-0.25, -0.2) is 9.67 Å². The first-order chi connectivity index (χ1) is 12.7. The molecule has 2 N–H and O–H groups in total.